The average Bonchev–Trinajstić information content (AvgIpc) is 2.39. The number of carboxylic acid groups (broad SMARTS) is 1. The highest BCUT2D eigenvalue weighted by Gasteiger charge is 2.11. The first-order valence-corrected chi connectivity index (χ1v) is 5.38. The summed E-state index contributed by atoms with van der Waals surface area (Å²) in [5.41, 5.74) is -0.0642. The molecule has 7 heteroatoms. The lowest BCUT2D eigenvalue weighted by atomic mass is 10.1. The van der Waals surface area contributed by atoms with E-state index in [9.17, 15) is 19.5 Å². The number of hydrogen-bond donors (Lipinski definition) is 3. The second kappa shape index (κ2) is 7.05. The zero-order chi connectivity index (χ0) is 15.1. The van der Waals surface area contributed by atoms with Crippen LogP contribution in [0.1, 0.15) is 5.56 Å². The predicted molar refractivity (Wildman–Crippen MR) is 66.9 cm³/mol. The summed E-state index contributed by atoms with van der Waals surface area (Å²) in [6, 6.07) is 3.71. The lowest BCUT2D eigenvalue weighted by Crippen LogP contribution is -2.16. The van der Waals surface area contributed by atoms with E-state index in [2.05, 4.69) is 4.74 Å². The summed E-state index contributed by atoms with van der Waals surface area (Å²) < 4.78 is 4.56. The topological polar surface area (TPSA) is 121 Å². The maximum absolute atomic E-state index is 11.6. The van der Waals surface area contributed by atoms with Crippen LogP contribution in [0.15, 0.2) is 23.8 Å². The van der Waals surface area contributed by atoms with E-state index in [1.807, 2.05) is 0 Å². The molecule has 0 aliphatic carbocycles. The van der Waals surface area contributed by atoms with Crippen molar-refractivity contribution < 1.29 is 34.4 Å². The van der Waals surface area contributed by atoms with Crippen LogP contribution in [-0.4, -0.2) is 46.6 Å². The molecule has 0 amide bonds. The molecule has 0 heterocycles. The summed E-state index contributed by atoms with van der Waals surface area (Å²) in [7, 11) is 0. The van der Waals surface area contributed by atoms with Gasteiger partial charge in [-0.15, -0.1) is 0 Å². The van der Waals surface area contributed by atoms with Gasteiger partial charge in [0.15, 0.2) is 17.3 Å². The van der Waals surface area contributed by atoms with E-state index in [4.69, 9.17) is 10.2 Å². The lowest BCUT2D eigenvalue weighted by molar-refractivity contribution is -0.143. The molecule has 1 rings (SSSR count). The van der Waals surface area contributed by atoms with Gasteiger partial charge in [-0.05, 0) is 23.8 Å². The van der Waals surface area contributed by atoms with Crippen molar-refractivity contribution in [3.05, 3.63) is 29.3 Å². The van der Waals surface area contributed by atoms with Crippen molar-refractivity contribution in [2.75, 3.05) is 13.2 Å². The molecule has 0 atom stereocenters. The summed E-state index contributed by atoms with van der Waals surface area (Å²) in [6.45, 7) is -1.23. The quantitative estimate of drug-likeness (QED) is 0.283. The van der Waals surface area contributed by atoms with Crippen LogP contribution in [0.2, 0.25) is 0 Å². The number of phenols is 2. The molecular formula is C13H11O7. The molecule has 105 valence electrons. The Morgan fingerprint density at radius 3 is 2.45 bits per heavy atom. The van der Waals surface area contributed by atoms with Crippen molar-refractivity contribution >= 4 is 24.1 Å². The summed E-state index contributed by atoms with van der Waals surface area (Å²) in [6.07, 6.45) is 2.55. The monoisotopic (exact) mass is 279 g/mol. The number of Topliss-reactive ketones (excluding diaryl/α,β-unsaturated/α-hetero) is 1. The predicted octanol–water partition coefficient (Wildman–Crippen LogP) is 0.261. The van der Waals surface area contributed by atoms with Crippen LogP contribution in [0.3, 0.4) is 0 Å². The maximum Gasteiger partial charge on any atom is 0.329 e. The molecule has 0 bridgehead atoms. The summed E-state index contributed by atoms with van der Waals surface area (Å²) in [4.78, 5) is 32.5. The van der Waals surface area contributed by atoms with Crippen LogP contribution in [0.25, 0.3) is 6.08 Å². The lowest BCUT2D eigenvalue weighted by Gasteiger charge is -2.02. The Hall–Kier alpha value is -2.67. The first-order valence-electron chi connectivity index (χ1n) is 5.38. The van der Waals surface area contributed by atoms with E-state index in [1.165, 1.54) is 18.4 Å². The van der Waals surface area contributed by atoms with Crippen molar-refractivity contribution in [3.63, 3.8) is 0 Å². The van der Waals surface area contributed by atoms with E-state index in [-0.39, 0.29) is 11.3 Å². The van der Waals surface area contributed by atoms with Gasteiger partial charge in [0.2, 0.25) is 6.29 Å². The van der Waals surface area contributed by atoms with Crippen LogP contribution in [-0.2, 0) is 19.1 Å². The number of rotatable bonds is 7. The normalized spacial score (nSPS) is 11.1. The third-order valence-electron chi connectivity index (χ3n) is 2.18. The number of carbonyl (C=O) groups is 2. The molecule has 0 aliphatic heterocycles. The highest BCUT2D eigenvalue weighted by Crippen LogP contribution is 2.25. The Morgan fingerprint density at radius 1 is 1.20 bits per heavy atom. The molecule has 0 aromatic heterocycles. The first-order chi connectivity index (χ1) is 9.43. The molecule has 1 aromatic rings. The van der Waals surface area contributed by atoms with Crippen molar-refractivity contribution in [2.45, 2.75) is 0 Å². The fraction of sp³-hybridized carbons (Fsp3) is 0.154. The van der Waals surface area contributed by atoms with Crippen LogP contribution in [0, 0.1) is 0 Å². The van der Waals surface area contributed by atoms with Gasteiger partial charge in [0.05, 0.1) is 5.57 Å². The molecule has 1 aromatic carbocycles. The minimum absolute atomic E-state index is 0.297. The Labute approximate surface area is 113 Å². The van der Waals surface area contributed by atoms with Crippen molar-refractivity contribution in [3.8, 4) is 11.5 Å². The molecule has 3 N–H and O–H groups in total. The molecular weight excluding hydrogens is 268 g/mol. The second-order valence-electron chi connectivity index (χ2n) is 3.72. The third-order valence-corrected chi connectivity index (χ3v) is 2.18. The van der Waals surface area contributed by atoms with E-state index < -0.39 is 30.7 Å². The number of benzene rings is 1. The zero-order valence-corrected chi connectivity index (χ0v) is 10.2. The number of hydrogen-bond acceptors (Lipinski definition) is 6. The minimum atomic E-state index is -1.23. The number of carboxylic acids is 1. The second-order valence-corrected chi connectivity index (χ2v) is 3.72. The molecule has 7 nitrogen and oxygen atoms in total. The standard InChI is InChI=1S/C13H11O7/c14-5-9(12(17)6-20-7-13(18)19)3-8-1-2-10(15)11(16)4-8/h1-4,15-16H,6-7H2,(H,18,19). The first kappa shape index (κ1) is 15.4. The Bertz CT molecular complexity index is 560. The van der Waals surface area contributed by atoms with Crippen molar-refractivity contribution in [1.29, 1.82) is 0 Å². The highest BCUT2D eigenvalue weighted by molar-refractivity contribution is 6.16. The van der Waals surface area contributed by atoms with E-state index in [0.717, 1.165) is 12.1 Å². The van der Waals surface area contributed by atoms with Crippen molar-refractivity contribution in [2.24, 2.45) is 0 Å². The summed E-state index contributed by atoms with van der Waals surface area (Å²) in [5.74, 6) is -2.72. The number of ether oxygens (including phenoxy) is 1. The SMILES string of the molecule is O=[C]C(=Cc1ccc(O)c(O)c1)C(=O)COCC(=O)O. The van der Waals surface area contributed by atoms with Gasteiger partial charge in [-0.2, -0.15) is 0 Å². The van der Waals surface area contributed by atoms with E-state index in [1.54, 1.807) is 0 Å². The Morgan fingerprint density at radius 2 is 1.90 bits per heavy atom. The maximum atomic E-state index is 11.6. The molecule has 0 saturated heterocycles. The Balaban J connectivity index is 2.80. The molecule has 20 heavy (non-hydrogen) atoms. The average molecular weight is 279 g/mol. The van der Waals surface area contributed by atoms with Crippen molar-refractivity contribution in [1.82, 2.24) is 0 Å². The van der Waals surface area contributed by atoms with Gasteiger partial charge in [-0.3, -0.25) is 9.59 Å². The third kappa shape index (κ3) is 4.54. The number of aliphatic carboxylic acids is 1. The van der Waals surface area contributed by atoms with Crippen LogP contribution in [0.5, 0.6) is 11.5 Å². The highest BCUT2D eigenvalue weighted by atomic mass is 16.5. The van der Waals surface area contributed by atoms with Gasteiger partial charge in [0.1, 0.15) is 13.2 Å². The summed E-state index contributed by atoms with van der Waals surface area (Å²) >= 11 is 0. The van der Waals surface area contributed by atoms with E-state index >= 15 is 0 Å². The fourth-order valence-electron chi connectivity index (χ4n) is 1.27. The Kier molecular flexibility index (Phi) is 5.42. The van der Waals surface area contributed by atoms with Gasteiger partial charge in [0.25, 0.3) is 0 Å². The molecule has 0 unspecified atom stereocenters. The van der Waals surface area contributed by atoms with Gasteiger partial charge in [0, 0.05) is 0 Å². The number of phenolic OH excluding ortho intramolecular Hbond substituents is 2. The van der Waals surface area contributed by atoms with E-state index in [0.29, 0.717) is 5.56 Å². The number of ketones is 1. The number of aromatic hydroxyl groups is 2. The smallest absolute Gasteiger partial charge is 0.329 e. The molecule has 1 radical (unpaired) electrons. The van der Waals surface area contributed by atoms with Crippen LogP contribution in [0.4, 0.5) is 0 Å². The van der Waals surface area contributed by atoms with Gasteiger partial charge >= 0.3 is 5.97 Å². The summed E-state index contributed by atoms with van der Waals surface area (Å²) in [5, 5.41) is 26.7. The van der Waals surface area contributed by atoms with Crippen LogP contribution >= 0.6 is 0 Å². The largest absolute Gasteiger partial charge is 0.504 e. The van der Waals surface area contributed by atoms with Gasteiger partial charge in [-0.1, -0.05) is 6.07 Å². The zero-order valence-electron chi connectivity index (χ0n) is 10.2. The van der Waals surface area contributed by atoms with Crippen LogP contribution < -0.4 is 0 Å². The van der Waals surface area contributed by atoms with Gasteiger partial charge < -0.3 is 20.1 Å². The number of carbonyl (C=O) groups excluding carboxylic acids is 2. The van der Waals surface area contributed by atoms with Gasteiger partial charge in [-0.25, -0.2) is 4.79 Å². The molecule has 0 spiro atoms. The molecule has 0 fully saturated rings. The fourth-order valence-corrected chi connectivity index (χ4v) is 1.27. The molecule has 0 saturated carbocycles. The molecule has 0 aliphatic rings. The minimum Gasteiger partial charge on any atom is -0.504 e.